The van der Waals surface area contributed by atoms with E-state index in [0.29, 0.717) is 12.8 Å². The number of aliphatic carboxylic acids is 1. The van der Waals surface area contributed by atoms with Gasteiger partial charge in [-0.25, -0.2) is 8.37 Å². The lowest BCUT2D eigenvalue weighted by Gasteiger charge is -2.62. The van der Waals surface area contributed by atoms with Gasteiger partial charge in [0.15, 0.2) is 18.5 Å². The van der Waals surface area contributed by atoms with Gasteiger partial charge in [0.1, 0.15) is 12.2 Å². The maximum Gasteiger partial charge on any atom is 0.397 e. The number of carbonyl (C=O) groups is 2. The third-order valence-corrected chi connectivity index (χ3v) is 12.4. The van der Waals surface area contributed by atoms with Crippen LogP contribution in [0.2, 0.25) is 0 Å². The molecule has 5 N–H and O–H groups in total. The Morgan fingerprint density at radius 3 is 2.25 bits per heavy atom. The first kappa shape index (κ1) is 37.5. The van der Waals surface area contributed by atoms with E-state index in [9.17, 15) is 50.8 Å². The molecule has 274 valence electrons. The minimum Gasteiger partial charge on any atom is -0.481 e. The smallest absolute Gasteiger partial charge is 0.397 e. The summed E-state index contributed by atoms with van der Waals surface area (Å²) in [7, 11) is -10.8. The second kappa shape index (κ2) is 13.4. The van der Waals surface area contributed by atoms with Crippen molar-refractivity contribution in [2.24, 2.45) is 40.4 Å². The SMILES string of the molecule is C=C1[C@H]2CCC3[C@@](CC[C@@H]4[C@H](C(=O)O)C[C@@H](O[C@@H]5O[C@H](CO)[C@@H](OS(=O)(=O)O)[C@H](OS(=O)(=O)O)[C@H]5OC(=O)CC(C)C)C[C@@]34C)(C2)[C@H]1O. The summed E-state index contributed by atoms with van der Waals surface area (Å²) in [6, 6.07) is 0. The molecule has 5 fully saturated rings. The van der Waals surface area contributed by atoms with Crippen LogP contribution in [0.5, 0.6) is 0 Å². The van der Waals surface area contributed by atoms with E-state index in [0.717, 1.165) is 24.8 Å². The molecule has 5 aliphatic rings. The van der Waals surface area contributed by atoms with E-state index in [2.05, 4.69) is 10.8 Å². The summed E-state index contributed by atoms with van der Waals surface area (Å²) in [5.41, 5.74) is -0.319. The number of aliphatic hydroxyl groups is 2. The van der Waals surface area contributed by atoms with Crippen LogP contribution in [0.1, 0.15) is 72.1 Å². The predicted molar refractivity (Wildman–Crippen MR) is 162 cm³/mol. The van der Waals surface area contributed by atoms with Crippen molar-refractivity contribution < 1.29 is 73.4 Å². The van der Waals surface area contributed by atoms with Crippen molar-refractivity contribution in [3.05, 3.63) is 12.2 Å². The van der Waals surface area contributed by atoms with Crippen molar-refractivity contribution in [1.29, 1.82) is 0 Å². The van der Waals surface area contributed by atoms with Crippen LogP contribution in [0.15, 0.2) is 12.2 Å². The van der Waals surface area contributed by atoms with E-state index in [1.807, 2.05) is 6.92 Å². The largest absolute Gasteiger partial charge is 0.481 e. The van der Waals surface area contributed by atoms with Crippen molar-refractivity contribution in [3.8, 4) is 0 Å². The van der Waals surface area contributed by atoms with Crippen LogP contribution in [-0.4, -0.2) is 103 Å². The lowest BCUT2D eigenvalue weighted by atomic mass is 9.43. The lowest BCUT2D eigenvalue weighted by Crippen LogP contribution is -2.64. The molecular formula is C30H46O16S2. The molecule has 18 heteroatoms. The molecule has 0 aromatic rings. The molecule has 0 aromatic heterocycles. The lowest BCUT2D eigenvalue weighted by molar-refractivity contribution is -0.316. The summed E-state index contributed by atoms with van der Waals surface area (Å²) in [5.74, 6) is -3.25. The molecule has 1 spiro atoms. The number of carboxylic acid groups (broad SMARTS) is 1. The molecule has 1 saturated heterocycles. The van der Waals surface area contributed by atoms with E-state index >= 15 is 0 Å². The number of carbonyl (C=O) groups excluding carboxylic acids is 1. The molecule has 1 heterocycles. The van der Waals surface area contributed by atoms with Gasteiger partial charge in [-0.1, -0.05) is 27.4 Å². The van der Waals surface area contributed by atoms with Crippen LogP contribution in [-0.2, 0) is 53.0 Å². The van der Waals surface area contributed by atoms with Gasteiger partial charge in [-0.3, -0.25) is 18.7 Å². The van der Waals surface area contributed by atoms with E-state index in [-0.39, 0.29) is 42.9 Å². The Labute approximate surface area is 280 Å². The molecule has 16 nitrogen and oxygen atoms in total. The van der Waals surface area contributed by atoms with Gasteiger partial charge in [-0.2, -0.15) is 16.8 Å². The Kier molecular flexibility index (Phi) is 10.5. The molecular weight excluding hydrogens is 680 g/mol. The fraction of sp³-hybridized carbons (Fsp3) is 0.867. The molecule has 0 aromatic carbocycles. The Morgan fingerprint density at radius 2 is 1.67 bits per heavy atom. The van der Waals surface area contributed by atoms with Crippen LogP contribution < -0.4 is 0 Å². The standard InChI is InChI=1S/C30H46O16S2/c1-14(2)9-22(32)44-25-24(46-48(39,40)41)23(45-47(36,37)38)20(13-31)43-28(25)42-17-10-18(27(34)35)19-7-8-30-11-16(15(3)26(30)33)5-6-21(30)29(19,4)12-17/h14,16-21,23-26,28,31,33H,3,5-13H2,1-2,4H3,(H,34,35)(H,36,37,38)(H,39,40,41)/t16-,17+,18+,19+,20+,21?,23+,24-,25+,26-,28+,29+,30+/m0/s1. The molecule has 13 atom stereocenters. The molecule has 0 amide bonds. The molecule has 4 saturated carbocycles. The predicted octanol–water partition coefficient (Wildman–Crippen LogP) is 1.67. The highest BCUT2D eigenvalue weighted by Gasteiger charge is 2.67. The van der Waals surface area contributed by atoms with Gasteiger partial charge in [0.05, 0.1) is 24.7 Å². The summed E-state index contributed by atoms with van der Waals surface area (Å²) in [6.45, 7) is 8.52. The number of carboxylic acids is 1. The summed E-state index contributed by atoms with van der Waals surface area (Å²) < 4.78 is 93.5. The van der Waals surface area contributed by atoms with Gasteiger partial charge >= 0.3 is 32.7 Å². The topological polar surface area (TPSA) is 250 Å². The quantitative estimate of drug-likeness (QED) is 0.0879. The van der Waals surface area contributed by atoms with Crippen molar-refractivity contribution in [1.82, 2.24) is 0 Å². The minimum absolute atomic E-state index is 0.0156. The zero-order valence-corrected chi connectivity index (χ0v) is 28.7. The minimum atomic E-state index is -5.42. The number of aliphatic hydroxyl groups excluding tert-OH is 2. The van der Waals surface area contributed by atoms with Gasteiger partial charge in [0.25, 0.3) is 0 Å². The number of ether oxygens (including phenoxy) is 3. The van der Waals surface area contributed by atoms with Crippen LogP contribution >= 0.6 is 0 Å². The summed E-state index contributed by atoms with van der Waals surface area (Å²) in [4.78, 5) is 25.7. The second-order valence-corrected chi connectivity index (χ2v) is 16.9. The van der Waals surface area contributed by atoms with E-state index in [1.165, 1.54) is 0 Å². The molecule has 4 aliphatic carbocycles. The van der Waals surface area contributed by atoms with Gasteiger partial charge < -0.3 is 29.5 Å². The highest BCUT2D eigenvalue weighted by atomic mass is 32.3. The Balaban J connectivity index is 1.51. The van der Waals surface area contributed by atoms with Crippen molar-refractivity contribution >= 4 is 32.7 Å². The summed E-state index contributed by atoms with van der Waals surface area (Å²) in [6.07, 6.45) is -7.93. The van der Waals surface area contributed by atoms with Gasteiger partial charge in [0, 0.05) is 11.8 Å². The monoisotopic (exact) mass is 726 g/mol. The first-order valence-electron chi connectivity index (χ1n) is 16.2. The molecule has 5 rings (SSSR count). The molecule has 1 aliphatic heterocycles. The maximum atomic E-state index is 12.9. The van der Waals surface area contributed by atoms with E-state index < -0.39 is 99.0 Å². The first-order chi connectivity index (χ1) is 22.2. The molecule has 2 bridgehead atoms. The van der Waals surface area contributed by atoms with Crippen molar-refractivity contribution in [3.63, 3.8) is 0 Å². The zero-order valence-electron chi connectivity index (χ0n) is 27.0. The van der Waals surface area contributed by atoms with Crippen LogP contribution in [0.25, 0.3) is 0 Å². The second-order valence-electron chi connectivity index (χ2n) is 14.8. The highest BCUT2D eigenvalue weighted by molar-refractivity contribution is 7.81. The Morgan fingerprint density at radius 1 is 1.02 bits per heavy atom. The number of hydrogen-bond donors (Lipinski definition) is 5. The Bertz CT molecular complexity index is 1480. The molecule has 1 unspecified atom stereocenters. The average Bonchev–Trinajstić information content (AvgIpc) is 3.12. The van der Waals surface area contributed by atoms with Crippen LogP contribution in [0, 0.1) is 40.4 Å². The van der Waals surface area contributed by atoms with Crippen LogP contribution in [0.3, 0.4) is 0 Å². The van der Waals surface area contributed by atoms with Crippen molar-refractivity contribution in [2.75, 3.05) is 6.61 Å². The molecule has 0 radical (unpaired) electrons. The number of rotatable bonds is 11. The maximum absolute atomic E-state index is 12.9. The van der Waals surface area contributed by atoms with E-state index in [4.69, 9.17) is 18.4 Å². The van der Waals surface area contributed by atoms with Crippen LogP contribution in [0.4, 0.5) is 0 Å². The van der Waals surface area contributed by atoms with E-state index in [1.54, 1.807) is 13.8 Å². The number of esters is 1. The highest BCUT2D eigenvalue weighted by Crippen LogP contribution is 2.70. The van der Waals surface area contributed by atoms with Gasteiger partial charge in [-0.15, -0.1) is 0 Å². The average molecular weight is 727 g/mol. The molecule has 48 heavy (non-hydrogen) atoms. The fourth-order valence-electron chi connectivity index (χ4n) is 9.82. The normalized spacial score (nSPS) is 43.0. The number of hydrogen-bond acceptors (Lipinski definition) is 13. The zero-order chi connectivity index (χ0) is 35.6. The third kappa shape index (κ3) is 7.20. The van der Waals surface area contributed by atoms with Crippen molar-refractivity contribution in [2.45, 2.75) is 115 Å². The Hall–Kier alpha value is -1.74. The third-order valence-electron chi connectivity index (χ3n) is 11.5. The van der Waals surface area contributed by atoms with Gasteiger partial charge in [0.2, 0.25) is 0 Å². The summed E-state index contributed by atoms with van der Waals surface area (Å²) in [5, 5.41) is 32.0. The number of fused-ring (bicyclic) bond motifs is 3. The first-order valence-corrected chi connectivity index (χ1v) is 18.9. The van der Waals surface area contributed by atoms with Gasteiger partial charge in [-0.05, 0) is 79.6 Å². The fourth-order valence-corrected chi connectivity index (χ4v) is 10.8. The summed E-state index contributed by atoms with van der Waals surface area (Å²) >= 11 is 0.